The van der Waals surface area contributed by atoms with Crippen LogP contribution in [0.4, 0.5) is 4.69 Å². The Kier molecular flexibility index (Phi) is 2.89. The molecule has 0 radical (unpaired) electrons. The zero-order chi connectivity index (χ0) is 9.14. The van der Waals surface area contributed by atoms with Crippen molar-refractivity contribution >= 4 is 25.2 Å². The number of carbonyl (C=O) groups excluding carboxylic acids is 1. The third-order valence-corrected chi connectivity index (χ3v) is 3.30. The third kappa shape index (κ3) is 1.87. The first-order valence-corrected chi connectivity index (χ1v) is 5.26. The predicted molar refractivity (Wildman–Crippen MR) is 46.3 cm³/mol. The molecule has 1 aromatic heterocycles. The van der Waals surface area contributed by atoms with Gasteiger partial charge in [-0.2, -0.15) is 0 Å². The Hall–Kier alpha value is -0.801. The van der Waals surface area contributed by atoms with E-state index in [4.69, 9.17) is 10.5 Å². The quantitative estimate of drug-likeness (QED) is 0.585. The van der Waals surface area contributed by atoms with Crippen molar-refractivity contribution in [3.05, 3.63) is 10.1 Å². The van der Waals surface area contributed by atoms with Gasteiger partial charge in [-0.1, -0.05) is 0 Å². The van der Waals surface area contributed by atoms with E-state index >= 15 is 0 Å². The summed E-state index contributed by atoms with van der Waals surface area (Å²) in [6.45, 7) is 3.94. The Labute approximate surface area is 76.5 Å². The summed E-state index contributed by atoms with van der Waals surface area (Å²) < 4.78 is 6.02. The van der Waals surface area contributed by atoms with Gasteiger partial charge in [-0.05, 0) is 0 Å². The van der Waals surface area contributed by atoms with E-state index in [-0.39, 0.29) is 20.5 Å². The molecule has 0 amide bonds. The Morgan fingerprint density at radius 2 is 2.42 bits per heavy atom. The molecule has 12 heavy (non-hydrogen) atoms. The first kappa shape index (κ1) is 9.29. The molecule has 0 spiro atoms. The van der Waals surface area contributed by atoms with Crippen molar-refractivity contribution in [2.24, 2.45) is 0 Å². The zero-order valence-corrected chi connectivity index (χ0v) is 8.67. The van der Waals surface area contributed by atoms with Crippen LogP contribution in [-0.4, -0.2) is 32.1 Å². The van der Waals surface area contributed by atoms with Gasteiger partial charge in [0.15, 0.2) is 0 Å². The van der Waals surface area contributed by atoms with Crippen LogP contribution in [-0.2, 0) is 4.74 Å². The summed E-state index contributed by atoms with van der Waals surface area (Å²) in [5, 5.41) is 0. The molecule has 4 nitrogen and oxygen atoms in total. The molecule has 0 bridgehead atoms. The van der Waals surface area contributed by atoms with Gasteiger partial charge in [0.05, 0.1) is 0 Å². The molecule has 0 aliphatic carbocycles. The number of carbonyl (C=O) groups is 1. The van der Waals surface area contributed by atoms with Gasteiger partial charge in [0.2, 0.25) is 0 Å². The normalized spacial score (nSPS) is 9.83. The molecule has 0 atom stereocenters. The number of nitrogen functional groups attached to an aromatic ring is 1. The molecule has 5 heteroatoms. The number of ether oxygens (including phenoxy) is 1. The molecule has 0 aliphatic heterocycles. The first-order valence-electron chi connectivity index (χ1n) is 3.55. The van der Waals surface area contributed by atoms with E-state index in [1.165, 1.54) is 0 Å². The van der Waals surface area contributed by atoms with Crippen LogP contribution in [0.25, 0.3) is 0 Å². The summed E-state index contributed by atoms with van der Waals surface area (Å²) >= 11 is -0.129. The molecule has 1 rings (SSSR count). The van der Waals surface area contributed by atoms with Crippen LogP contribution in [0.5, 0.6) is 0 Å². The van der Waals surface area contributed by atoms with Gasteiger partial charge in [-0.15, -0.1) is 0 Å². The van der Waals surface area contributed by atoms with Crippen LogP contribution >= 0.6 is 0 Å². The molecule has 1 heterocycles. The van der Waals surface area contributed by atoms with E-state index in [0.29, 0.717) is 21.4 Å². The molecule has 0 aliphatic rings. The van der Waals surface area contributed by atoms with Gasteiger partial charge < -0.3 is 0 Å². The molecule has 0 unspecified atom stereocenters. The summed E-state index contributed by atoms with van der Waals surface area (Å²) in [6.07, 6.45) is 0. The molecule has 0 saturated carbocycles. The standard InChI is InChI=1S/C7H10N2O2Se/c1-3-11-6(10)5-4(2)9-7(8)12-5/h3H2,1-2H3,(H2,8,9). The fraction of sp³-hybridized carbons (Fsp3) is 0.429. The number of aromatic nitrogens is 1. The molecule has 66 valence electrons. The molecule has 0 saturated heterocycles. The number of rotatable bonds is 2. The number of hydrogen-bond acceptors (Lipinski definition) is 4. The molecular formula is C7H10N2O2Se. The number of nitrogens with two attached hydrogens (primary N) is 1. The van der Waals surface area contributed by atoms with Crippen molar-refractivity contribution in [2.75, 3.05) is 12.3 Å². The number of anilines is 1. The van der Waals surface area contributed by atoms with Crippen LogP contribution in [0, 0.1) is 6.92 Å². The minimum absolute atomic E-state index is 0.129. The van der Waals surface area contributed by atoms with Crippen molar-refractivity contribution in [2.45, 2.75) is 13.8 Å². The molecule has 0 aromatic carbocycles. The van der Waals surface area contributed by atoms with Crippen LogP contribution < -0.4 is 5.73 Å². The Balaban J connectivity index is 2.87. The number of hydrogen-bond donors (Lipinski definition) is 1. The topological polar surface area (TPSA) is 65.2 Å². The second kappa shape index (κ2) is 3.74. The first-order chi connectivity index (χ1) is 5.65. The molecule has 0 fully saturated rings. The van der Waals surface area contributed by atoms with Gasteiger partial charge in [0.1, 0.15) is 0 Å². The molecular weight excluding hydrogens is 223 g/mol. The Bertz CT molecular complexity index is 296. The number of esters is 1. The molecule has 1 aromatic rings. The van der Waals surface area contributed by atoms with Crippen molar-refractivity contribution in [1.82, 2.24) is 4.98 Å². The summed E-state index contributed by atoms with van der Waals surface area (Å²) in [7, 11) is 0. The van der Waals surface area contributed by atoms with Crippen molar-refractivity contribution in [1.29, 1.82) is 0 Å². The summed E-state index contributed by atoms with van der Waals surface area (Å²) in [5.74, 6) is -0.279. The SMILES string of the molecule is CCOC(=O)c1[se]c(N)nc1C. The number of aryl methyl sites for hydroxylation is 1. The average molecular weight is 233 g/mol. The van der Waals surface area contributed by atoms with Crippen molar-refractivity contribution in [3.8, 4) is 0 Å². The second-order valence-electron chi connectivity index (χ2n) is 2.19. The zero-order valence-electron chi connectivity index (χ0n) is 6.96. The van der Waals surface area contributed by atoms with Gasteiger partial charge >= 0.3 is 76.0 Å². The third-order valence-electron chi connectivity index (χ3n) is 1.27. The maximum atomic E-state index is 11.2. The van der Waals surface area contributed by atoms with E-state index in [0.717, 1.165) is 0 Å². The van der Waals surface area contributed by atoms with E-state index in [1.807, 2.05) is 0 Å². The Morgan fingerprint density at radius 3 is 2.83 bits per heavy atom. The fourth-order valence-corrected chi connectivity index (χ4v) is 2.33. The molecule has 2 N–H and O–H groups in total. The van der Waals surface area contributed by atoms with E-state index in [2.05, 4.69) is 4.98 Å². The predicted octanol–water partition coefficient (Wildman–Crippen LogP) is 0.206. The number of nitrogens with zero attached hydrogens (tertiary/aromatic N) is 1. The van der Waals surface area contributed by atoms with Gasteiger partial charge in [-0.3, -0.25) is 0 Å². The van der Waals surface area contributed by atoms with E-state index in [9.17, 15) is 4.79 Å². The van der Waals surface area contributed by atoms with Crippen LogP contribution in [0.15, 0.2) is 0 Å². The van der Waals surface area contributed by atoms with Gasteiger partial charge in [0, 0.05) is 0 Å². The summed E-state index contributed by atoms with van der Waals surface area (Å²) in [5.41, 5.74) is 6.18. The Morgan fingerprint density at radius 1 is 1.75 bits per heavy atom. The van der Waals surface area contributed by atoms with Gasteiger partial charge in [0.25, 0.3) is 0 Å². The van der Waals surface area contributed by atoms with E-state index in [1.54, 1.807) is 13.8 Å². The maximum absolute atomic E-state index is 11.2. The summed E-state index contributed by atoms with van der Waals surface area (Å²) in [4.78, 5) is 15.2. The minimum atomic E-state index is -0.279. The monoisotopic (exact) mass is 234 g/mol. The van der Waals surface area contributed by atoms with Crippen LogP contribution in [0.3, 0.4) is 0 Å². The van der Waals surface area contributed by atoms with Crippen LogP contribution in [0.2, 0.25) is 0 Å². The van der Waals surface area contributed by atoms with Crippen molar-refractivity contribution < 1.29 is 9.53 Å². The second-order valence-corrected chi connectivity index (χ2v) is 4.35. The summed E-state index contributed by atoms with van der Waals surface area (Å²) in [6, 6.07) is 0. The van der Waals surface area contributed by atoms with Crippen LogP contribution in [0.1, 0.15) is 21.8 Å². The van der Waals surface area contributed by atoms with Gasteiger partial charge in [-0.25, -0.2) is 0 Å². The average Bonchev–Trinajstić information content (AvgIpc) is 2.30. The van der Waals surface area contributed by atoms with E-state index < -0.39 is 0 Å². The van der Waals surface area contributed by atoms with Crippen molar-refractivity contribution in [3.63, 3.8) is 0 Å². The fourth-order valence-electron chi connectivity index (χ4n) is 0.803.